The molecule has 3 aromatic rings. The third-order valence-corrected chi connectivity index (χ3v) is 6.71. The molecule has 0 spiro atoms. The van der Waals surface area contributed by atoms with E-state index in [1.807, 2.05) is 18.3 Å². The Morgan fingerprint density at radius 3 is 2.93 bits per heavy atom. The lowest BCUT2D eigenvalue weighted by atomic mass is 9.85. The first kappa shape index (κ1) is 19.8. The molecule has 5 rings (SSSR count). The predicted octanol–water partition coefficient (Wildman–Crippen LogP) is 4.15. The van der Waals surface area contributed by atoms with E-state index < -0.39 is 0 Å². The molecule has 1 aromatic carbocycles. The number of benzene rings is 1. The molecule has 1 saturated heterocycles. The summed E-state index contributed by atoms with van der Waals surface area (Å²) in [6, 6.07) is 8.64. The van der Waals surface area contributed by atoms with Gasteiger partial charge >= 0.3 is 0 Å². The summed E-state index contributed by atoms with van der Waals surface area (Å²) in [5, 5.41) is 8.74. The number of piperazine rings is 1. The number of rotatable bonds is 5. The second-order valence-electron chi connectivity index (χ2n) is 8.56. The second kappa shape index (κ2) is 8.92. The molecule has 2 fully saturated rings. The Kier molecular flexibility index (Phi) is 5.88. The number of fused-ring (bicyclic) bond motifs is 1. The van der Waals surface area contributed by atoms with Crippen molar-refractivity contribution < 1.29 is 0 Å². The van der Waals surface area contributed by atoms with Crippen LogP contribution in [0.15, 0.2) is 36.7 Å². The van der Waals surface area contributed by atoms with Crippen molar-refractivity contribution in [2.75, 3.05) is 38.0 Å². The zero-order valence-corrected chi connectivity index (χ0v) is 18.0. The van der Waals surface area contributed by atoms with Crippen LogP contribution in [0, 0.1) is 5.92 Å². The van der Waals surface area contributed by atoms with Crippen molar-refractivity contribution >= 4 is 28.5 Å². The van der Waals surface area contributed by atoms with E-state index in [1.54, 1.807) is 6.20 Å². The van der Waals surface area contributed by atoms with Crippen molar-refractivity contribution in [1.82, 2.24) is 25.2 Å². The first-order chi connectivity index (χ1) is 14.8. The van der Waals surface area contributed by atoms with Crippen molar-refractivity contribution in [2.24, 2.45) is 5.92 Å². The Morgan fingerprint density at radius 2 is 2.03 bits per heavy atom. The molecule has 158 valence electrons. The van der Waals surface area contributed by atoms with E-state index >= 15 is 0 Å². The van der Waals surface area contributed by atoms with Gasteiger partial charge in [0, 0.05) is 61.4 Å². The monoisotopic (exact) mass is 424 g/mol. The number of aromatic nitrogens is 3. The Balaban J connectivity index is 1.30. The molecule has 2 aromatic heterocycles. The summed E-state index contributed by atoms with van der Waals surface area (Å²) >= 11 is 6.49. The topological polar surface area (TPSA) is 68.9 Å². The van der Waals surface area contributed by atoms with Gasteiger partial charge in [0.1, 0.15) is 0 Å². The average molecular weight is 425 g/mol. The number of halogens is 1. The highest BCUT2D eigenvalue weighted by Crippen LogP contribution is 2.33. The van der Waals surface area contributed by atoms with Gasteiger partial charge in [0.05, 0.1) is 16.9 Å². The molecular formula is C23H29ClN6. The number of anilines is 1. The van der Waals surface area contributed by atoms with E-state index in [0.29, 0.717) is 17.0 Å². The largest absolute Gasteiger partial charge is 0.360 e. The summed E-state index contributed by atoms with van der Waals surface area (Å²) in [5.41, 5.74) is 2.88. The van der Waals surface area contributed by atoms with Crippen LogP contribution in [0.1, 0.15) is 25.7 Å². The summed E-state index contributed by atoms with van der Waals surface area (Å²) in [6.07, 6.45) is 8.63. The van der Waals surface area contributed by atoms with Crippen LogP contribution in [0.2, 0.25) is 5.02 Å². The maximum atomic E-state index is 6.49. The Labute approximate surface area is 182 Å². The summed E-state index contributed by atoms with van der Waals surface area (Å²) < 4.78 is 0. The summed E-state index contributed by atoms with van der Waals surface area (Å²) in [5.74, 6) is 1.42. The normalized spacial score (nSPS) is 23.0. The van der Waals surface area contributed by atoms with Gasteiger partial charge in [-0.2, -0.15) is 0 Å². The SMILES string of the molecule is Clc1cnc(N[C@H]2CCCC(CN3CCNCC3)C2)nc1-c1c[nH]c2ccccc12. The van der Waals surface area contributed by atoms with E-state index in [0.717, 1.165) is 41.2 Å². The summed E-state index contributed by atoms with van der Waals surface area (Å²) in [4.78, 5) is 15.2. The number of hydrogen-bond acceptors (Lipinski definition) is 5. The van der Waals surface area contributed by atoms with Gasteiger partial charge in [-0.05, 0) is 31.2 Å². The van der Waals surface area contributed by atoms with Crippen LogP contribution >= 0.6 is 11.6 Å². The maximum absolute atomic E-state index is 6.49. The number of aromatic amines is 1. The average Bonchev–Trinajstić information content (AvgIpc) is 3.20. The maximum Gasteiger partial charge on any atom is 0.223 e. The lowest BCUT2D eigenvalue weighted by Crippen LogP contribution is -2.46. The molecular weight excluding hydrogens is 396 g/mol. The second-order valence-corrected chi connectivity index (χ2v) is 8.97. The summed E-state index contributed by atoms with van der Waals surface area (Å²) in [6.45, 7) is 5.78. The molecule has 6 nitrogen and oxygen atoms in total. The molecule has 1 saturated carbocycles. The summed E-state index contributed by atoms with van der Waals surface area (Å²) in [7, 11) is 0. The molecule has 7 heteroatoms. The van der Waals surface area contributed by atoms with Gasteiger partial charge in [-0.25, -0.2) is 9.97 Å². The lowest BCUT2D eigenvalue weighted by molar-refractivity contribution is 0.178. The molecule has 0 amide bonds. The highest BCUT2D eigenvalue weighted by atomic mass is 35.5. The van der Waals surface area contributed by atoms with Crippen LogP contribution in [0.3, 0.4) is 0 Å². The van der Waals surface area contributed by atoms with Crippen molar-refractivity contribution in [2.45, 2.75) is 31.7 Å². The molecule has 1 unspecified atom stereocenters. The highest BCUT2D eigenvalue weighted by molar-refractivity contribution is 6.33. The lowest BCUT2D eigenvalue weighted by Gasteiger charge is -2.35. The van der Waals surface area contributed by atoms with E-state index in [4.69, 9.17) is 16.6 Å². The third kappa shape index (κ3) is 4.31. The van der Waals surface area contributed by atoms with E-state index in [1.165, 1.54) is 45.3 Å². The number of para-hydroxylation sites is 1. The number of hydrogen-bond donors (Lipinski definition) is 3. The predicted molar refractivity (Wildman–Crippen MR) is 123 cm³/mol. The molecule has 3 N–H and O–H groups in total. The van der Waals surface area contributed by atoms with E-state index in [2.05, 4.69) is 37.6 Å². The van der Waals surface area contributed by atoms with Crippen molar-refractivity contribution in [3.8, 4) is 11.3 Å². The number of H-pyrrole nitrogens is 1. The zero-order chi connectivity index (χ0) is 20.3. The molecule has 0 radical (unpaired) electrons. The van der Waals surface area contributed by atoms with Crippen LogP contribution in [0.5, 0.6) is 0 Å². The fourth-order valence-electron chi connectivity index (χ4n) is 4.92. The standard InChI is InChI=1S/C23H29ClN6/c24-20-14-27-23(29-22(20)19-13-26-21-7-2-1-6-18(19)21)28-17-5-3-4-16(12-17)15-30-10-8-25-9-11-30/h1-2,6-7,13-14,16-17,25-26H,3-5,8-12,15H2,(H,27,28,29)/t16?,17-/m0/s1. The van der Waals surface area contributed by atoms with E-state index in [-0.39, 0.29) is 0 Å². The fourth-order valence-corrected chi connectivity index (χ4v) is 5.12. The minimum Gasteiger partial charge on any atom is -0.360 e. The highest BCUT2D eigenvalue weighted by Gasteiger charge is 2.25. The van der Waals surface area contributed by atoms with Crippen molar-refractivity contribution in [3.63, 3.8) is 0 Å². The Morgan fingerprint density at radius 1 is 1.17 bits per heavy atom. The Hall–Kier alpha value is -2.15. The van der Waals surface area contributed by atoms with Gasteiger partial charge in [0.2, 0.25) is 5.95 Å². The van der Waals surface area contributed by atoms with Crippen LogP contribution in [0.4, 0.5) is 5.95 Å². The molecule has 1 aliphatic carbocycles. The molecule has 3 heterocycles. The van der Waals surface area contributed by atoms with Crippen LogP contribution < -0.4 is 10.6 Å². The Bertz CT molecular complexity index is 996. The minimum absolute atomic E-state index is 0.420. The van der Waals surface area contributed by atoms with Crippen LogP contribution in [0.25, 0.3) is 22.2 Å². The van der Waals surface area contributed by atoms with Gasteiger partial charge < -0.3 is 20.5 Å². The first-order valence-corrected chi connectivity index (χ1v) is 11.4. The van der Waals surface area contributed by atoms with Gasteiger partial charge in [0.15, 0.2) is 0 Å². The first-order valence-electron chi connectivity index (χ1n) is 11.0. The van der Waals surface area contributed by atoms with Gasteiger partial charge in [-0.15, -0.1) is 0 Å². The molecule has 1 aliphatic heterocycles. The molecule has 2 atom stereocenters. The van der Waals surface area contributed by atoms with Gasteiger partial charge in [0.25, 0.3) is 0 Å². The van der Waals surface area contributed by atoms with Gasteiger partial charge in [-0.3, -0.25) is 0 Å². The smallest absolute Gasteiger partial charge is 0.223 e. The molecule has 30 heavy (non-hydrogen) atoms. The minimum atomic E-state index is 0.420. The van der Waals surface area contributed by atoms with Crippen molar-refractivity contribution in [1.29, 1.82) is 0 Å². The van der Waals surface area contributed by atoms with Gasteiger partial charge in [-0.1, -0.05) is 36.2 Å². The number of nitrogens with zero attached hydrogens (tertiary/aromatic N) is 3. The molecule has 0 bridgehead atoms. The number of nitrogens with one attached hydrogen (secondary N) is 3. The van der Waals surface area contributed by atoms with E-state index in [9.17, 15) is 0 Å². The van der Waals surface area contributed by atoms with Crippen LogP contribution in [-0.4, -0.2) is 58.6 Å². The van der Waals surface area contributed by atoms with Crippen LogP contribution in [-0.2, 0) is 0 Å². The molecule has 2 aliphatic rings. The zero-order valence-electron chi connectivity index (χ0n) is 17.2. The van der Waals surface area contributed by atoms with Crippen molar-refractivity contribution in [3.05, 3.63) is 41.7 Å². The quantitative estimate of drug-likeness (QED) is 0.574. The fraction of sp³-hybridized carbons (Fsp3) is 0.478. The third-order valence-electron chi connectivity index (χ3n) is 6.43.